The fourth-order valence-corrected chi connectivity index (χ4v) is 6.36. The SMILES string of the molecule is COc1ccc([C@@H]2C3=C(C[C@H](c4ccc(OC)c(OC)c4)CC3=O)N=C(C)C2C(=O)OC2CCCC2)c(OC)c1. The second kappa shape index (κ2) is 11.7. The predicted octanol–water partition coefficient (Wildman–Crippen LogP) is 5.78. The van der Waals surface area contributed by atoms with Crippen LogP contribution in [0.5, 0.6) is 23.0 Å². The number of allylic oxidation sites excluding steroid dienone is 2. The Morgan fingerprint density at radius 2 is 1.57 bits per heavy atom. The Labute approximate surface area is 235 Å². The molecule has 0 N–H and O–H groups in total. The van der Waals surface area contributed by atoms with Crippen LogP contribution in [0, 0.1) is 5.92 Å². The Morgan fingerprint density at radius 3 is 2.25 bits per heavy atom. The molecule has 2 aromatic rings. The van der Waals surface area contributed by atoms with Crippen LogP contribution in [0.4, 0.5) is 0 Å². The lowest BCUT2D eigenvalue weighted by Crippen LogP contribution is -2.39. The molecule has 1 saturated carbocycles. The molecule has 8 nitrogen and oxygen atoms in total. The summed E-state index contributed by atoms with van der Waals surface area (Å²) >= 11 is 0. The molecule has 1 unspecified atom stereocenters. The fourth-order valence-electron chi connectivity index (χ4n) is 6.36. The van der Waals surface area contributed by atoms with Gasteiger partial charge >= 0.3 is 5.97 Å². The molecule has 3 atom stereocenters. The molecule has 1 heterocycles. The molecule has 3 aliphatic rings. The number of nitrogens with zero attached hydrogens (tertiary/aromatic N) is 1. The van der Waals surface area contributed by atoms with Gasteiger partial charge in [0.05, 0.1) is 28.4 Å². The highest BCUT2D eigenvalue weighted by atomic mass is 16.5. The van der Waals surface area contributed by atoms with Crippen LogP contribution < -0.4 is 18.9 Å². The molecule has 1 aliphatic heterocycles. The molecule has 2 aromatic carbocycles. The standard InChI is InChI=1S/C32H37NO7/c1-18-29(32(35)40-21-8-6-7-9-21)30(23-12-11-22(36-2)17-27(23)38-4)31-24(33-18)14-20(15-25(31)34)19-10-13-26(37-3)28(16-19)39-5/h10-13,16-17,20-21,29-30H,6-9,14-15H2,1-5H3/t20-,29?,30-/m0/s1. The molecule has 0 amide bonds. The average Bonchev–Trinajstić information content (AvgIpc) is 3.48. The highest BCUT2D eigenvalue weighted by molar-refractivity contribution is 6.09. The number of hydrogen-bond acceptors (Lipinski definition) is 8. The maximum absolute atomic E-state index is 14.0. The molecular weight excluding hydrogens is 510 g/mol. The van der Waals surface area contributed by atoms with Gasteiger partial charge in [0.25, 0.3) is 0 Å². The van der Waals surface area contributed by atoms with E-state index in [0.717, 1.165) is 36.8 Å². The van der Waals surface area contributed by atoms with Gasteiger partial charge in [0.15, 0.2) is 17.3 Å². The van der Waals surface area contributed by atoms with E-state index in [1.165, 1.54) is 0 Å². The summed E-state index contributed by atoms with van der Waals surface area (Å²) in [6.45, 7) is 1.86. The van der Waals surface area contributed by atoms with Crippen LogP contribution in [0.2, 0.25) is 0 Å². The summed E-state index contributed by atoms with van der Waals surface area (Å²) in [5.74, 6) is 0.703. The van der Waals surface area contributed by atoms with Crippen LogP contribution in [0.3, 0.4) is 0 Å². The van der Waals surface area contributed by atoms with Gasteiger partial charge in [-0.3, -0.25) is 14.6 Å². The van der Waals surface area contributed by atoms with Gasteiger partial charge in [-0.1, -0.05) is 12.1 Å². The van der Waals surface area contributed by atoms with Gasteiger partial charge in [-0.15, -0.1) is 0 Å². The highest BCUT2D eigenvalue weighted by Gasteiger charge is 2.46. The van der Waals surface area contributed by atoms with E-state index in [9.17, 15) is 9.59 Å². The number of ether oxygens (including phenoxy) is 5. The Kier molecular flexibility index (Phi) is 8.14. The maximum atomic E-state index is 14.0. The first kappa shape index (κ1) is 27.7. The first-order chi connectivity index (χ1) is 19.4. The van der Waals surface area contributed by atoms with Crippen molar-refractivity contribution in [2.24, 2.45) is 10.9 Å². The highest BCUT2D eigenvalue weighted by Crippen LogP contribution is 2.50. The van der Waals surface area contributed by atoms with E-state index in [-0.39, 0.29) is 23.8 Å². The van der Waals surface area contributed by atoms with E-state index in [1.807, 2.05) is 37.3 Å². The number of methoxy groups -OCH3 is 4. The van der Waals surface area contributed by atoms with Crippen LogP contribution >= 0.6 is 0 Å². The Bertz CT molecular complexity index is 1360. The number of carbonyl (C=O) groups excluding carboxylic acids is 2. The van der Waals surface area contributed by atoms with Crippen molar-refractivity contribution in [3.05, 3.63) is 58.8 Å². The average molecular weight is 548 g/mol. The summed E-state index contributed by atoms with van der Waals surface area (Å²) in [5, 5.41) is 0. The number of benzene rings is 2. The van der Waals surface area contributed by atoms with Gasteiger partial charge in [0.2, 0.25) is 0 Å². The van der Waals surface area contributed by atoms with Crippen LogP contribution in [-0.2, 0) is 14.3 Å². The van der Waals surface area contributed by atoms with Crippen molar-refractivity contribution in [2.75, 3.05) is 28.4 Å². The molecule has 0 bridgehead atoms. The number of hydrogen-bond donors (Lipinski definition) is 0. The van der Waals surface area contributed by atoms with E-state index in [4.69, 9.17) is 28.7 Å². The molecule has 5 rings (SSSR count). The zero-order chi connectivity index (χ0) is 28.4. The lowest BCUT2D eigenvalue weighted by Gasteiger charge is -2.37. The van der Waals surface area contributed by atoms with E-state index in [0.29, 0.717) is 52.8 Å². The van der Waals surface area contributed by atoms with Crippen molar-refractivity contribution < 1.29 is 33.3 Å². The number of rotatable bonds is 8. The van der Waals surface area contributed by atoms with Gasteiger partial charge in [-0.05, 0) is 68.7 Å². The van der Waals surface area contributed by atoms with Crippen LogP contribution in [0.1, 0.15) is 68.4 Å². The quantitative estimate of drug-likeness (QED) is 0.387. The van der Waals surface area contributed by atoms with Crippen molar-refractivity contribution >= 4 is 17.5 Å². The number of aliphatic imine (C=N–C) groups is 1. The molecule has 1 fully saturated rings. The topological polar surface area (TPSA) is 92.7 Å². The molecule has 0 radical (unpaired) electrons. The van der Waals surface area contributed by atoms with E-state index in [2.05, 4.69) is 0 Å². The molecule has 0 spiro atoms. The summed E-state index contributed by atoms with van der Waals surface area (Å²) < 4.78 is 28.1. The lowest BCUT2D eigenvalue weighted by atomic mass is 9.69. The normalized spacial score (nSPS) is 22.9. The van der Waals surface area contributed by atoms with Crippen molar-refractivity contribution in [2.45, 2.75) is 63.4 Å². The third kappa shape index (κ3) is 5.19. The Balaban J connectivity index is 1.57. The second-order valence-corrected chi connectivity index (χ2v) is 10.7. The molecule has 0 aromatic heterocycles. The molecule has 40 heavy (non-hydrogen) atoms. The molecule has 212 valence electrons. The van der Waals surface area contributed by atoms with Crippen molar-refractivity contribution in [1.29, 1.82) is 0 Å². The van der Waals surface area contributed by atoms with E-state index in [1.54, 1.807) is 34.5 Å². The lowest BCUT2D eigenvalue weighted by molar-refractivity contribution is -0.151. The van der Waals surface area contributed by atoms with E-state index >= 15 is 0 Å². The summed E-state index contributed by atoms with van der Waals surface area (Å²) in [4.78, 5) is 32.7. The zero-order valence-corrected chi connectivity index (χ0v) is 23.8. The number of esters is 1. The number of carbonyl (C=O) groups is 2. The summed E-state index contributed by atoms with van der Waals surface area (Å²) in [6.07, 6.45) is 4.60. The first-order valence-electron chi connectivity index (χ1n) is 13.8. The van der Waals surface area contributed by atoms with Crippen LogP contribution in [0.25, 0.3) is 0 Å². The Morgan fingerprint density at radius 1 is 0.850 bits per heavy atom. The number of Topliss-reactive ketones (excluding diaryl/α,β-unsaturated/α-hetero) is 1. The molecule has 2 aliphatic carbocycles. The second-order valence-electron chi connectivity index (χ2n) is 10.7. The minimum absolute atomic E-state index is 0.0289. The van der Waals surface area contributed by atoms with Crippen LogP contribution in [0.15, 0.2) is 52.7 Å². The third-order valence-corrected chi connectivity index (χ3v) is 8.38. The third-order valence-electron chi connectivity index (χ3n) is 8.38. The van der Waals surface area contributed by atoms with Crippen molar-refractivity contribution in [1.82, 2.24) is 0 Å². The minimum Gasteiger partial charge on any atom is -0.497 e. The van der Waals surface area contributed by atoms with Gasteiger partial charge in [-0.2, -0.15) is 0 Å². The minimum atomic E-state index is -0.719. The summed E-state index contributed by atoms with van der Waals surface area (Å²) in [5.41, 5.74) is 3.65. The molecule has 8 heteroatoms. The van der Waals surface area contributed by atoms with Gasteiger partial charge < -0.3 is 23.7 Å². The van der Waals surface area contributed by atoms with E-state index < -0.39 is 11.8 Å². The monoisotopic (exact) mass is 547 g/mol. The summed E-state index contributed by atoms with van der Waals surface area (Å²) in [6, 6.07) is 11.3. The van der Waals surface area contributed by atoms with Crippen molar-refractivity contribution in [3.63, 3.8) is 0 Å². The Hall–Kier alpha value is -3.81. The molecular formula is C32H37NO7. The molecule has 0 saturated heterocycles. The smallest absolute Gasteiger partial charge is 0.315 e. The largest absolute Gasteiger partial charge is 0.497 e. The number of ketones is 1. The van der Waals surface area contributed by atoms with Crippen molar-refractivity contribution in [3.8, 4) is 23.0 Å². The van der Waals surface area contributed by atoms with Gasteiger partial charge in [-0.25, -0.2) is 0 Å². The predicted molar refractivity (Wildman–Crippen MR) is 151 cm³/mol. The maximum Gasteiger partial charge on any atom is 0.315 e. The van der Waals surface area contributed by atoms with Crippen LogP contribution in [-0.4, -0.2) is 52.0 Å². The zero-order valence-electron chi connectivity index (χ0n) is 23.8. The first-order valence-corrected chi connectivity index (χ1v) is 13.8. The fraction of sp³-hybridized carbons (Fsp3) is 0.469. The van der Waals surface area contributed by atoms with Gasteiger partial charge in [0.1, 0.15) is 23.5 Å². The van der Waals surface area contributed by atoms with Gasteiger partial charge in [0, 0.05) is 41.0 Å². The summed E-state index contributed by atoms with van der Waals surface area (Å²) in [7, 11) is 6.37.